The van der Waals surface area contributed by atoms with Gasteiger partial charge in [-0.05, 0) is 36.5 Å². The van der Waals surface area contributed by atoms with E-state index in [-0.39, 0.29) is 0 Å². The normalized spacial score (nSPS) is 48.9. The van der Waals surface area contributed by atoms with Gasteiger partial charge in [0.15, 0.2) is 0 Å². The van der Waals surface area contributed by atoms with Crippen LogP contribution in [0.5, 0.6) is 0 Å². The first-order valence-corrected chi connectivity index (χ1v) is 6.75. The van der Waals surface area contributed by atoms with Crippen LogP contribution in [0.2, 0.25) is 0 Å². The van der Waals surface area contributed by atoms with Crippen LogP contribution in [0, 0.1) is 29.6 Å². The van der Waals surface area contributed by atoms with E-state index in [1.807, 2.05) is 0 Å². The fourth-order valence-electron chi connectivity index (χ4n) is 4.89. The second-order valence-electron chi connectivity index (χ2n) is 6.07. The van der Waals surface area contributed by atoms with Crippen LogP contribution in [0.15, 0.2) is 23.8 Å². The molecule has 5 unspecified atom stereocenters. The number of carbonyl (C=O) groups excluding carboxylic acids is 1. The molecule has 0 radical (unpaired) electrons. The van der Waals surface area contributed by atoms with Gasteiger partial charge in [-0.25, -0.2) is 0 Å². The summed E-state index contributed by atoms with van der Waals surface area (Å²) in [4.78, 5) is 12.2. The van der Waals surface area contributed by atoms with Crippen molar-refractivity contribution in [1.29, 1.82) is 0 Å². The van der Waals surface area contributed by atoms with Crippen LogP contribution in [-0.2, 0) is 4.79 Å². The quantitative estimate of drug-likeness (QED) is 0.605. The summed E-state index contributed by atoms with van der Waals surface area (Å²) in [5, 5.41) is 0. The molecule has 0 N–H and O–H groups in total. The molecule has 3 fully saturated rings. The summed E-state index contributed by atoms with van der Waals surface area (Å²) < 4.78 is 0. The average molecular weight is 214 g/mol. The van der Waals surface area contributed by atoms with Gasteiger partial charge in [-0.2, -0.15) is 0 Å². The van der Waals surface area contributed by atoms with Gasteiger partial charge < -0.3 is 0 Å². The highest BCUT2D eigenvalue weighted by atomic mass is 16.1. The van der Waals surface area contributed by atoms with Gasteiger partial charge in [-0.15, -0.1) is 0 Å². The van der Waals surface area contributed by atoms with Crippen LogP contribution in [0.3, 0.4) is 0 Å². The SMILES string of the molecule is O=C1CC2CCCC3CC4C=CC=C4C1C23. The number of fused-ring (bicyclic) bond motifs is 2. The maximum absolute atomic E-state index is 12.2. The lowest BCUT2D eigenvalue weighted by Gasteiger charge is -2.43. The number of hydrogen-bond donors (Lipinski definition) is 0. The van der Waals surface area contributed by atoms with Crippen molar-refractivity contribution in [2.45, 2.75) is 32.1 Å². The van der Waals surface area contributed by atoms with Gasteiger partial charge in [0, 0.05) is 12.3 Å². The minimum absolute atomic E-state index is 0.323. The van der Waals surface area contributed by atoms with Crippen LogP contribution in [0.4, 0.5) is 0 Å². The molecule has 16 heavy (non-hydrogen) atoms. The Bertz CT molecular complexity index is 404. The zero-order valence-corrected chi connectivity index (χ0v) is 9.56. The Morgan fingerprint density at radius 1 is 1.19 bits per heavy atom. The Hall–Kier alpha value is -0.850. The van der Waals surface area contributed by atoms with Gasteiger partial charge in [0.05, 0.1) is 0 Å². The number of Topliss-reactive ketones (excluding diaryl/α,β-unsaturated/α-hetero) is 1. The summed E-state index contributed by atoms with van der Waals surface area (Å²) in [6.45, 7) is 0. The van der Waals surface area contributed by atoms with Crippen molar-refractivity contribution in [2.75, 3.05) is 0 Å². The molecule has 0 heterocycles. The van der Waals surface area contributed by atoms with E-state index >= 15 is 0 Å². The molecule has 5 atom stereocenters. The van der Waals surface area contributed by atoms with Crippen molar-refractivity contribution >= 4 is 5.78 Å². The molecular weight excluding hydrogens is 196 g/mol. The van der Waals surface area contributed by atoms with Crippen molar-refractivity contribution in [3.8, 4) is 0 Å². The molecule has 4 aliphatic rings. The topological polar surface area (TPSA) is 17.1 Å². The van der Waals surface area contributed by atoms with Crippen LogP contribution < -0.4 is 0 Å². The zero-order chi connectivity index (χ0) is 10.7. The molecular formula is C15H18O. The van der Waals surface area contributed by atoms with Crippen LogP contribution in [-0.4, -0.2) is 5.78 Å². The Labute approximate surface area is 96.6 Å². The summed E-state index contributed by atoms with van der Waals surface area (Å²) >= 11 is 0. The Kier molecular flexibility index (Phi) is 1.78. The maximum atomic E-state index is 12.2. The van der Waals surface area contributed by atoms with Crippen molar-refractivity contribution in [1.82, 2.24) is 0 Å². The minimum atomic E-state index is 0.323. The molecule has 0 aliphatic heterocycles. The fourth-order valence-corrected chi connectivity index (χ4v) is 4.89. The fraction of sp³-hybridized carbons (Fsp3) is 0.667. The van der Waals surface area contributed by atoms with Gasteiger partial charge in [0.1, 0.15) is 5.78 Å². The van der Waals surface area contributed by atoms with Crippen molar-refractivity contribution in [3.05, 3.63) is 23.8 Å². The summed E-state index contributed by atoms with van der Waals surface area (Å²) in [7, 11) is 0. The second-order valence-corrected chi connectivity index (χ2v) is 6.07. The second kappa shape index (κ2) is 3.09. The highest BCUT2D eigenvalue weighted by Crippen LogP contribution is 2.57. The molecule has 3 saturated carbocycles. The van der Waals surface area contributed by atoms with Gasteiger partial charge in [0.25, 0.3) is 0 Å². The van der Waals surface area contributed by atoms with E-state index < -0.39 is 0 Å². The average Bonchev–Trinajstić information content (AvgIpc) is 2.84. The largest absolute Gasteiger partial charge is 0.299 e. The van der Waals surface area contributed by atoms with E-state index in [2.05, 4.69) is 18.2 Å². The first-order chi connectivity index (χ1) is 7.84. The molecule has 0 spiro atoms. The maximum Gasteiger partial charge on any atom is 0.140 e. The molecule has 84 valence electrons. The third-order valence-electron chi connectivity index (χ3n) is 5.41. The van der Waals surface area contributed by atoms with E-state index in [1.165, 1.54) is 31.3 Å². The first kappa shape index (κ1) is 9.21. The molecule has 0 saturated heterocycles. The zero-order valence-electron chi connectivity index (χ0n) is 9.56. The first-order valence-electron chi connectivity index (χ1n) is 6.75. The van der Waals surface area contributed by atoms with E-state index in [0.29, 0.717) is 17.6 Å². The number of hydrogen-bond acceptors (Lipinski definition) is 1. The molecule has 4 rings (SSSR count). The van der Waals surface area contributed by atoms with Crippen LogP contribution >= 0.6 is 0 Å². The van der Waals surface area contributed by atoms with Crippen molar-refractivity contribution in [3.63, 3.8) is 0 Å². The molecule has 4 aliphatic carbocycles. The molecule has 0 bridgehead atoms. The van der Waals surface area contributed by atoms with Gasteiger partial charge >= 0.3 is 0 Å². The standard InChI is InChI=1S/C15H18O/c16-13-8-11-5-1-4-10-7-9-3-2-6-12(9)15(13)14(10)11/h2-3,6,9-11,14-15H,1,4-5,7-8H2. The number of carbonyl (C=O) groups is 1. The molecule has 0 aromatic heterocycles. The lowest BCUT2D eigenvalue weighted by Crippen LogP contribution is -2.37. The van der Waals surface area contributed by atoms with Gasteiger partial charge in [-0.3, -0.25) is 4.79 Å². The third-order valence-corrected chi connectivity index (χ3v) is 5.41. The highest BCUT2D eigenvalue weighted by Gasteiger charge is 2.53. The summed E-state index contributed by atoms with van der Waals surface area (Å²) in [5.74, 6) is 3.81. The van der Waals surface area contributed by atoms with Crippen molar-refractivity contribution < 1.29 is 4.79 Å². The lowest BCUT2D eigenvalue weighted by molar-refractivity contribution is -0.121. The third kappa shape index (κ3) is 1.04. The van der Waals surface area contributed by atoms with Crippen LogP contribution in [0.1, 0.15) is 32.1 Å². The molecule has 0 amide bonds. The predicted molar refractivity (Wildman–Crippen MR) is 62.8 cm³/mol. The predicted octanol–water partition coefficient (Wildman–Crippen LogP) is 3.12. The summed E-state index contributed by atoms with van der Waals surface area (Å²) in [5.41, 5.74) is 1.47. The van der Waals surface area contributed by atoms with E-state index in [9.17, 15) is 4.79 Å². The van der Waals surface area contributed by atoms with Crippen molar-refractivity contribution in [2.24, 2.45) is 29.6 Å². The van der Waals surface area contributed by atoms with E-state index in [4.69, 9.17) is 0 Å². The lowest BCUT2D eigenvalue weighted by atomic mass is 9.61. The minimum Gasteiger partial charge on any atom is -0.299 e. The van der Waals surface area contributed by atoms with E-state index in [0.717, 1.165) is 24.2 Å². The van der Waals surface area contributed by atoms with E-state index in [1.54, 1.807) is 0 Å². The molecule has 1 heteroatoms. The number of rotatable bonds is 0. The molecule has 1 nitrogen and oxygen atoms in total. The summed E-state index contributed by atoms with van der Waals surface area (Å²) in [6, 6.07) is 0. The monoisotopic (exact) mass is 214 g/mol. The Balaban J connectivity index is 1.78. The smallest absolute Gasteiger partial charge is 0.140 e. The molecule has 0 aromatic rings. The Morgan fingerprint density at radius 3 is 3.00 bits per heavy atom. The summed E-state index contributed by atoms with van der Waals surface area (Å²) in [6.07, 6.45) is 13.0. The molecule has 0 aromatic carbocycles. The number of ketones is 1. The number of allylic oxidation sites excluding steroid dienone is 4. The highest BCUT2D eigenvalue weighted by molar-refractivity contribution is 5.87. The Morgan fingerprint density at radius 2 is 2.06 bits per heavy atom. The van der Waals surface area contributed by atoms with Crippen LogP contribution in [0.25, 0.3) is 0 Å². The van der Waals surface area contributed by atoms with Gasteiger partial charge in [-0.1, -0.05) is 36.6 Å². The van der Waals surface area contributed by atoms with Gasteiger partial charge in [0.2, 0.25) is 0 Å².